The molecule has 0 saturated carbocycles. The van der Waals surface area contributed by atoms with Gasteiger partial charge in [0.15, 0.2) is 0 Å². The highest BCUT2D eigenvalue weighted by atomic mass is 15.0. The van der Waals surface area contributed by atoms with Gasteiger partial charge < -0.3 is 5.32 Å². The van der Waals surface area contributed by atoms with Crippen molar-refractivity contribution in [2.75, 3.05) is 5.32 Å². The number of nitrogens with zero attached hydrogens (tertiary/aromatic N) is 3. The second-order valence-corrected chi connectivity index (χ2v) is 4.14. The van der Waals surface area contributed by atoms with E-state index < -0.39 is 0 Å². The average Bonchev–Trinajstić information content (AvgIpc) is 2.29. The molecule has 2 aromatic heterocycles. The van der Waals surface area contributed by atoms with Crippen LogP contribution in [0, 0.1) is 13.8 Å². The zero-order chi connectivity index (χ0) is 12.3. The van der Waals surface area contributed by atoms with Crippen molar-refractivity contribution < 1.29 is 0 Å². The van der Waals surface area contributed by atoms with Gasteiger partial charge in [-0.15, -0.1) is 0 Å². The van der Waals surface area contributed by atoms with E-state index in [1.807, 2.05) is 26.2 Å². The molecule has 2 heterocycles. The van der Waals surface area contributed by atoms with Crippen molar-refractivity contribution in [1.82, 2.24) is 15.0 Å². The fourth-order valence-electron chi connectivity index (χ4n) is 1.80. The lowest BCUT2D eigenvalue weighted by Gasteiger charge is -2.15. The van der Waals surface area contributed by atoms with E-state index in [-0.39, 0.29) is 6.04 Å². The van der Waals surface area contributed by atoms with Crippen molar-refractivity contribution in [1.29, 1.82) is 0 Å². The fourth-order valence-corrected chi connectivity index (χ4v) is 1.80. The zero-order valence-corrected chi connectivity index (χ0v) is 10.3. The maximum Gasteiger partial charge on any atom is 0.0835 e. The molecule has 0 spiro atoms. The van der Waals surface area contributed by atoms with Crippen LogP contribution in [-0.2, 0) is 0 Å². The lowest BCUT2D eigenvalue weighted by molar-refractivity contribution is 0.809. The Bertz CT molecular complexity index is 510. The maximum absolute atomic E-state index is 4.35. The Morgan fingerprint density at radius 1 is 1.12 bits per heavy atom. The highest BCUT2D eigenvalue weighted by Gasteiger charge is 2.10. The Balaban J connectivity index is 2.17. The molecule has 2 aromatic rings. The lowest BCUT2D eigenvalue weighted by atomic mass is 10.2. The second-order valence-electron chi connectivity index (χ2n) is 4.14. The minimum atomic E-state index is 0.118. The van der Waals surface area contributed by atoms with E-state index in [2.05, 4.69) is 33.3 Å². The largest absolute Gasteiger partial charge is 0.376 e. The van der Waals surface area contributed by atoms with Crippen LogP contribution in [0.15, 0.2) is 30.9 Å². The summed E-state index contributed by atoms with van der Waals surface area (Å²) in [6, 6.07) is 2.18. The van der Waals surface area contributed by atoms with Gasteiger partial charge in [0, 0.05) is 24.8 Å². The van der Waals surface area contributed by atoms with Gasteiger partial charge in [-0.1, -0.05) is 0 Å². The van der Waals surface area contributed by atoms with Gasteiger partial charge in [-0.05, 0) is 32.4 Å². The van der Waals surface area contributed by atoms with Crippen LogP contribution in [0.4, 0.5) is 5.69 Å². The van der Waals surface area contributed by atoms with Crippen LogP contribution in [0.3, 0.4) is 0 Å². The third-order valence-electron chi connectivity index (χ3n) is 2.59. The highest BCUT2D eigenvalue weighted by molar-refractivity contribution is 5.44. The number of pyridine rings is 1. The van der Waals surface area contributed by atoms with E-state index in [4.69, 9.17) is 0 Å². The highest BCUT2D eigenvalue weighted by Crippen LogP contribution is 2.18. The van der Waals surface area contributed by atoms with Crippen LogP contribution in [0.5, 0.6) is 0 Å². The molecule has 0 aliphatic carbocycles. The summed E-state index contributed by atoms with van der Waals surface area (Å²) in [5, 5.41) is 3.37. The van der Waals surface area contributed by atoms with Gasteiger partial charge in [-0.2, -0.15) is 0 Å². The summed E-state index contributed by atoms with van der Waals surface area (Å²) in [6.45, 7) is 6.06. The molecule has 0 aliphatic rings. The molecule has 0 aromatic carbocycles. The summed E-state index contributed by atoms with van der Waals surface area (Å²) in [6.07, 6.45) is 7.08. The van der Waals surface area contributed by atoms with E-state index in [1.54, 1.807) is 12.4 Å². The number of anilines is 1. The van der Waals surface area contributed by atoms with Gasteiger partial charge in [-0.25, -0.2) is 0 Å². The molecule has 0 aliphatic heterocycles. The monoisotopic (exact) mass is 228 g/mol. The predicted octanol–water partition coefficient (Wildman–Crippen LogP) is 2.66. The van der Waals surface area contributed by atoms with Crippen LogP contribution in [0.2, 0.25) is 0 Å². The standard InChI is InChI=1S/C13H16N4/c1-9-6-12(8-14-7-9)17-11(3)13-10(2)15-4-5-16-13/h4-8,11,17H,1-3H3. The first-order chi connectivity index (χ1) is 8.16. The number of aryl methyl sites for hydroxylation is 2. The Kier molecular flexibility index (Phi) is 3.32. The van der Waals surface area contributed by atoms with E-state index in [0.29, 0.717) is 0 Å². The molecule has 1 N–H and O–H groups in total. The van der Waals surface area contributed by atoms with Crippen molar-refractivity contribution >= 4 is 5.69 Å². The minimum absolute atomic E-state index is 0.118. The van der Waals surface area contributed by atoms with Crippen molar-refractivity contribution in [3.63, 3.8) is 0 Å². The third kappa shape index (κ3) is 2.78. The van der Waals surface area contributed by atoms with Gasteiger partial charge in [-0.3, -0.25) is 15.0 Å². The van der Waals surface area contributed by atoms with Crippen LogP contribution in [0.1, 0.15) is 29.9 Å². The number of aromatic nitrogens is 3. The molecule has 1 atom stereocenters. The number of hydrogen-bond donors (Lipinski definition) is 1. The maximum atomic E-state index is 4.35. The van der Waals surface area contributed by atoms with Crippen LogP contribution in [0.25, 0.3) is 0 Å². The summed E-state index contributed by atoms with van der Waals surface area (Å²) in [7, 11) is 0. The average molecular weight is 228 g/mol. The Labute approximate surface area is 101 Å². The summed E-state index contributed by atoms with van der Waals surface area (Å²) in [4.78, 5) is 12.7. The molecule has 4 heteroatoms. The fraction of sp³-hybridized carbons (Fsp3) is 0.308. The van der Waals surface area contributed by atoms with Crippen molar-refractivity contribution in [2.24, 2.45) is 0 Å². The van der Waals surface area contributed by atoms with E-state index in [9.17, 15) is 0 Å². The molecule has 2 rings (SSSR count). The topological polar surface area (TPSA) is 50.7 Å². The second kappa shape index (κ2) is 4.91. The van der Waals surface area contributed by atoms with E-state index >= 15 is 0 Å². The predicted molar refractivity (Wildman–Crippen MR) is 67.8 cm³/mol. The van der Waals surface area contributed by atoms with Crippen LogP contribution in [-0.4, -0.2) is 15.0 Å². The lowest BCUT2D eigenvalue weighted by Crippen LogP contribution is -2.11. The Hall–Kier alpha value is -1.97. The van der Waals surface area contributed by atoms with Gasteiger partial charge in [0.25, 0.3) is 0 Å². The summed E-state index contributed by atoms with van der Waals surface area (Å²) < 4.78 is 0. The first-order valence-electron chi connectivity index (χ1n) is 5.62. The molecule has 88 valence electrons. The normalized spacial score (nSPS) is 12.2. The SMILES string of the molecule is Cc1cncc(NC(C)c2nccnc2C)c1. The summed E-state index contributed by atoms with van der Waals surface area (Å²) in [5.41, 5.74) is 4.06. The summed E-state index contributed by atoms with van der Waals surface area (Å²) >= 11 is 0. The van der Waals surface area contributed by atoms with Crippen molar-refractivity contribution in [3.8, 4) is 0 Å². The summed E-state index contributed by atoms with van der Waals surface area (Å²) in [5.74, 6) is 0. The van der Waals surface area contributed by atoms with E-state index in [1.165, 1.54) is 0 Å². The molecule has 4 nitrogen and oxygen atoms in total. The number of nitrogens with one attached hydrogen (secondary N) is 1. The Morgan fingerprint density at radius 2 is 1.88 bits per heavy atom. The molecular formula is C13H16N4. The first-order valence-corrected chi connectivity index (χ1v) is 5.62. The van der Waals surface area contributed by atoms with Gasteiger partial charge in [0.1, 0.15) is 0 Å². The zero-order valence-electron chi connectivity index (χ0n) is 10.3. The third-order valence-corrected chi connectivity index (χ3v) is 2.59. The van der Waals surface area contributed by atoms with Crippen LogP contribution < -0.4 is 5.32 Å². The molecule has 0 bridgehead atoms. The van der Waals surface area contributed by atoms with Crippen LogP contribution >= 0.6 is 0 Å². The molecule has 0 amide bonds. The number of rotatable bonds is 3. The van der Waals surface area contributed by atoms with Gasteiger partial charge in [0.2, 0.25) is 0 Å². The van der Waals surface area contributed by atoms with Gasteiger partial charge >= 0.3 is 0 Å². The molecule has 1 unspecified atom stereocenters. The van der Waals surface area contributed by atoms with Crippen molar-refractivity contribution in [3.05, 3.63) is 47.8 Å². The molecular weight excluding hydrogens is 212 g/mol. The molecule has 17 heavy (non-hydrogen) atoms. The van der Waals surface area contributed by atoms with Gasteiger partial charge in [0.05, 0.1) is 23.1 Å². The van der Waals surface area contributed by atoms with E-state index in [0.717, 1.165) is 22.6 Å². The quantitative estimate of drug-likeness (QED) is 0.877. The Morgan fingerprint density at radius 3 is 2.59 bits per heavy atom. The smallest absolute Gasteiger partial charge is 0.0835 e. The molecule has 0 saturated heterocycles. The molecule has 0 fully saturated rings. The minimum Gasteiger partial charge on any atom is -0.376 e. The first kappa shape index (κ1) is 11.5. The number of hydrogen-bond acceptors (Lipinski definition) is 4. The molecule has 0 radical (unpaired) electrons. The van der Waals surface area contributed by atoms with Crippen molar-refractivity contribution in [2.45, 2.75) is 26.8 Å².